The van der Waals surface area contributed by atoms with Crippen LogP contribution in [-0.2, 0) is 24.2 Å². The Labute approximate surface area is 192 Å². The highest BCUT2D eigenvalue weighted by Crippen LogP contribution is 2.15. The van der Waals surface area contributed by atoms with E-state index >= 15 is 0 Å². The van der Waals surface area contributed by atoms with Gasteiger partial charge in [-0.05, 0) is 55.2 Å². The van der Waals surface area contributed by atoms with E-state index in [1.807, 2.05) is 17.0 Å². The maximum Gasteiger partial charge on any atom is 0.254 e. The van der Waals surface area contributed by atoms with Crippen molar-refractivity contribution in [3.63, 3.8) is 0 Å². The number of nitrogens with zero attached hydrogens (tertiary/aromatic N) is 2. The van der Waals surface area contributed by atoms with Crippen molar-refractivity contribution in [1.29, 1.82) is 0 Å². The van der Waals surface area contributed by atoms with Crippen molar-refractivity contribution in [3.05, 3.63) is 94.8 Å². The third-order valence-electron chi connectivity index (χ3n) is 5.83. The van der Waals surface area contributed by atoms with E-state index in [1.165, 1.54) is 36.0 Å². The molecular formula is C28H36N2O2. The van der Waals surface area contributed by atoms with E-state index in [-0.39, 0.29) is 5.91 Å². The lowest BCUT2D eigenvalue weighted by Crippen LogP contribution is -2.34. The number of methoxy groups -OCH3 is 1. The fraction of sp³-hybridized carbons (Fsp3) is 0.393. The summed E-state index contributed by atoms with van der Waals surface area (Å²) >= 11 is 0. The third-order valence-corrected chi connectivity index (χ3v) is 5.83. The highest BCUT2D eigenvalue weighted by atomic mass is 16.5. The Bertz CT molecular complexity index is 975. The number of carbonyl (C=O) groups is 1. The van der Waals surface area contributed by atoms with Crippen LogP contribution in [0.15, 0.2) is 66.9 Å². The summed E-state index contributed by atoms with van der Waals surface area (Å²) in [6.07, 6.45) is 6.82. The minimum Gasteiger partial charge on any atom is -0.383 e. The van der Waals surface area contributed by atoms with Crippen LogP contribution in [0.2, 0.25) is 0 Å². The maximum absolute atomic E-state index is 13.3. The molecule has 0 aliphatic carbocycles. The van der Waals surface area contributed by atoms with E-state index in [0.29, 0.717) is 19.7 Å². The second kappa shape index (κ2) is 12.3. The predicted octanol–water partition coefficient (Wildman–Crippen LogP) is 5.87. The smallest absolute Gasteiger partial charge is 0.254 e. The summed E-state index contributed by atoms with van der Waals surface area (Å²) in [7, 11) is 1.67. The van der Waals surface area contributed by atoms with E-state index < -0.39 is 0 Å². The van der Waals surface area contributed by atoms with Gasteiger partial charge >= 0.3 is 0 Å². The lowest BCUT2D eigenvalue weighted by molar-refractivity contribution is 0.0676. The van der Waals surface area contributed by atoms with Crippen LogP contribution in [0.1, 0.15) is 58.9 Å². The number of hydrogen-bond acceptors (Lipinski definition) is 2. The van der Waals surface area contributed by atoms with Gasteiger partial charge in [0.25, 0.3) is 5.91 Å². The quantitative estimate of drug-likeness (QED) is 0.336. The minimum atomic E-state index is 0.0467. The van der Waals surface area contributed by atoms with E-state index in [4.69, 9.17) is 4.74 Å². The number of rotatable bonds is 12. The first-order valence-electron chi connectivity index (χ1n) is 11.7. The molecule has 0 spiro atoms. The molecule has 1 amide bonds. The molecule has 3 aromatic rings. The molecule has 3 rings (SSSR count). The number of ether oxygens (including phenoxy) is 1. The fourth-order valence-electron chi connectivity index (χ4n) is 3.98. The van der Waals surface area contributed by atoms with Crippen LogP contribution in [0.25, 0.3) is 0 Å². The fourth-order valence-corrected chi connectivity index (χ4v) is 3.98. The number of hydrogen-bond donors (Lipinski definition) is 0. The van der Waals surface area contributed by atoms with Gasteiger partial charge < -0.3 is 14.2 Å². The number of aryl methyl sites for hydroxylation is 2. The largest absolute Gasteiger partial charge is 0.383 e. The Morgan fingerprint density at radius 1 is 1.00 bits per heavy atom. The zero-order valence-corrected chi connectivity index (χ0v) is 19.7. The van der Waals surface area contributed by atoms with Crippen molar-refractivity contribution in [2.75, 3.05) is 20.3 Å². The van der Waals surface area contributed by atoms with Gasteiger partial charge in [-0.15, -0.1) is 0 Å². The van der Waals surface area contributed by atoms with E-state index in [9.17, 15) is 4.79 Å². The molecule has 32 heavy (non-hydrogen) atoms. The molecule has 4 nitrogen and oxygen atoms in total. The first kappa shape index (κ1) is 23.8. The van der Waals surface area contributed by atoms with Crippen molar-refractivity contribution in [2.45, 2.75) is 52.6 Å². The molecule has 2 aromatic carbocycles. The summed E-state index contributed by atoms with van der Waals surface area (Å²) in [4.78, 5) is 15.2. The molecule has 1 heterocycles. The summed E-state index contributed by atoms with van der Waals surface area (Å²) in [5, 5.41) is 0. The topological polar surface area (TPSA) is 34.5 Å². The summed E-state index contributed by atoms with van der Waals surface area (Å²) in [6, 6.07) is 20.8. The van der Waals surface area contributed by atoms with Gasteiger partial charge in [-0.25, -0.2) is 0 Å². The molecule has 0 aliphatic rings. The standard InChI is InChI=1S/C28H36N2O2/c1-4-5-6-10-24-13-15-26(16-14-24)28(31)30(18-19-32-3)22-27-12-8-17-29(27)21-25-11-7-9-23(2)20-25/h7-9,11-17,20H,4-6,10,18-19,21-22H2,1-3H3. The van der Waals surface area contributed by atoms with Crippen molar-refractivity contribution in [1.82, 2.24) is 9.47 Å². The molecule has 0 saturated heterocycles. The predicted molar refractivity (Wildman–Crippen MR) is 131 cm³/mol. The van der Waals surface area contributed by atoms with E-state index in [0.717, 1.165) is 24.2 Å². The van der Waals surface area contributed by atoms with Gasteiger partial charge in [-0.3, -0.25) is 4.79 Å². The van der Waals surface area contributed by atoms with Crippen LogP contribution >= 0.6 is 0 Å². The summed E-state index contributed by atoms with van der Waals surface area (Å²) in [6.45, 7) is 6.75. The third kappa shape index (κ3) is 6.83. The second-order valence-corrected chi connectivity index (χ2v) is 8.49. The Kier molecular flexibility index (Phi) is 9.12. The van der Waals surface area contributed by atoms with Gasteiger partial charge in [0.2, 0.25) is 0 Å². The van der Waals surface area contributed by atoms with Crippen molar-refractivity contribution in [2.24, 2.45) is 0 Å². The van der Waals surface area contributed by atoms with E-state index in [1.54, 1.807) is 7.11 Å². The molecule has 0 N–H and O–H groups in total. The average Bonchev–Trinajstić information content (AvgIpc) is 3.23. The van der Waals surface area contributed by atoms with Crippen molar-refractivity contribution >= 4 is 5.91 Å². The number of carbonyl (C=O) groups excluding carboxylic acids is 1. The summed E-state index contributed by atoms with van der Waals surface area (Å²) in [5.74, 6) is 0.0467. The maximum atomic E-state index is 13.3. The van der Waals surface area contributed by atoms with Crippen molar-refractivity contribution < 1.29 is 9.53 Å². The second-order valence-electron chi connectivity index (χ2n) is 8.49. The molecule has 0 aliphatic heterocycles. The molecule has 0 unspecified atom stereocenters. The number of amides is 1. The Balaban J connectivity index is 1.71. The number of aromatic nitrogens is 1. The van der Waals surface area contributed by atoms with Gasteiger partial charge in [0.1, 0.15) is 0 Å². The Morgan fingerprint density at radius 3 is 2.53 bits per heavy atom. The Hall–Kier alpha value is -2.85. The molecule has 0 bridgehead atoms. The van der Waals surface area contributed by atoms with Gasteiger partial charge in [0, 0.05) is 37.7 Å². The molecule has 1 aromatic heterocycles. The molecule has 0 saturated carbocycles. The van der Waals surface area contributed by atoms with Crippen LogP contribution in [0.4, 0.5) is 0 Å². The monoisotopic (exact) mass is 432 g/mol. The Morgan fingerprint density at radius 2 is 1.81 bits per heavy atom. The van der Waals surface area contributed by atoms with Gasteiger partial charge in [-0.1, -0.05) is 61.7 Å². The molecule has 0 fully saturated rings. The summed E-state index contributed by atoms with van der Waals surface area (Å²) < 4.78 is 7.51. The van der Waals surface area contributed by atoms with Gasteiger partial charge in [0.05, 0.1) is 13.2 Å². The number of unbranched alkanes of at least 4 members (excludes halogenated alkanes) is 2. The van der Waals surface area contributed by atoms with Crippen LogP contribution < -0.4 is 0 Å². The molecule has 170 valence electrons. The zero-order chi connectivity index (χ0) is 22.8. The molecular weight excluding hydrogens is 396 g/mol. The normalized spacial score (nSPS) is 11.0. The number of benzene rings is 2. The zero-order valence-electron chi connectivity index (χ0n) is 19.7. The van der Waals surface area contributed by atoms with Crippen LogP contribution in [-0.4, -0.2) is 35.6 Å². The minimum absolute atomic E-state index is 0.0467. The first-order chi connectivity index (χ1) is 15.6. The average molecular weight is 433 g/mol. The highest BCUT2D eigenvalue weighted by Gasteiger charge is 2.17. The molecule has 0 radical (unpaired) electrons. The molecule has 4 heteroatoms. The highest BCUT2D eigenvalue weighted by molar-refractivity contribution is 5.94. The van der Waals surface area contributed by atoms with Crippen LogP contribution in [0.5, 0.6) is 0 Å². The van der Waals surface area contributed by atoms with Crippen LogP contribution in [0.3, 0.4) is 0 Å². The van der Waals surface area contributed by atoms with Crippen molar-refractivity contribution in [3.8, 4) is 0 Å². The first-order valence-corrected chi connectivity index (χ1v) is 11.7. The van der Waals surface area contributed by atoms with Gasteiger partial charge in [0.15, 0.2) is 0 Å². The van der Waals surface area contributed by atoms with Gasteiger partial charge in [-0.2, -0.15) is 0 Å². The lowest BCUT2D eigenvalue weighted by atomic mass is 10.0. The summed E-state index contributed by atoms with van der Waals surface area (Å²) in [5.41, 5.74) is 5.66. The lowest BCUT2D eigenvalue weighted by Gasteiger charge is -2.24. The SMILES string of the molecule is CCCCCc1ccc(C(=O)N(CCOC)Cc2cccn2Cc2cccc(C)c2)cc1. The van der Waals surface area contributed by atoms with Crippen LogP contribution in [0, 0.1) is 6.92 Å². The molecule has 0 atom stereocenters. The van der Waals surface area contributed by atoms with E-state index in [2.05, 4.69) is 73.1 Å².